The van der Waals surface area contributed by atoms with Crippen molar-refractivity contribution in [1.82, 2.24) is 5.32 Å². The topological polar surface area (TPSA) is 81.4 Å². The average molecular weight is 290 g/mol. The van der Waals surface area contributed by atoms with Crippen LogP contribution < -0.4 is 11.1 Å². The van der Waals surface area contributed by atoms with E-state index >= 15 is 0 Å². The summed E-state index contributed by atoms with van der Waals surface area (Å²) in [6.07, 6.45) is 3.45. The molecule has 0 saturated heterocycles. The number of benzene rings is 1. The summed E-state index contributed by atoms with van der Waals surface area (Å²) in [4.78, 5) is 24.1. The number of rotatable bonds is 4. The van der Waals surface area contributed by atoms with Crippen molar-refractivity contribution in [3.63, 3.8) is 0 Å². The van der Waals surface area contributed by atoms with Gasteiger partial charge in [-0.05, 0) is 38.3 Å². The van der Waals surface area contributed by atoms with Gasteiger partial charge in [0.05, 0.1) is 5.56 Å². The molecule has 1 saturated carbocycles. The van der Waals surface area contributed by atoms with E-state index in [-0.39, 0.29) is 11.9 Å². The number of amides is 1. The molecule has 0 spiro atoms. The number of nitrogens with two attached hydrogens (primary N) is 1. The van der Waals surface area contributed by atoms with E-state index in [4.69, 9.17) is 10.5 Å². The highest BCUT2D eigenvalue weighted by molar-refractivity contribution is 5.97. The number of hydrogen-bond donors (Lipinski definition) is 2. The van der Waals surface area contributed by atoms with Crippen LogP contribution in [0.4, 0.5) is 5.69 Å². The van der Waals surface area contributed by atoms with Crippen LogP contribution in [-0.4, -0.2) is 24.0 Å². The maximum atomic E-state index is 12.1. The van der Waals surface area contributed by atoms with E-state index in [0.29, 0.717) is 11.3 Å². The Balaban J connectivity index is 1.95. The quantitative estimate of drug-likeness (QED) is 0.658. The zero-order valence-corrected chi connectivity index (χ0v) is 12.5. The number of hydrogen-bond acceptors (Lipinski definition) is 4. The zero-order chi connectivity index (χ0) is 15.4. The lowest BCUT2D eigenvalue weighted by Gasteiger charge is -2.17. The lowest BCUT2D eigenvalue weighted by atomic mass is 10.1. The predicted octanol–water partition coefficient (Wildman–Crippen LogP) is 2.18. The van der Waals surface area contributed by atoms with E-state index in [1.807, 2.05) is 13.0 Å². The van der Waals surface area contributed by atoms with Gasteiger partial charge in [0.15, 0.2) is 6.10 Å². The summed E-state index contributed by atoms with van der Waals surface area (Å²) in [5, 5.41) is 2.91. The predicted molar refractivity (Wildman–Crippen MR) is 80.9 cm³/mol. The van der Waals surface area contributed by atoms with Crippen molar-refractivity contribution in [1.29, 1.82) is 0 Å². The number of para-hydroxylation sites is 1. The van der Waals surface area contributed by atoms with Gasteiger partial charge in [-0.15, -0.1) is 0 Å². The van der Waals surface area contributed by atoms with Gasteiger partial charge in [-0.3, -0.25) is 4.79 Å². The van der Waals surface area contributed by atoms with E-state index in [1.165, 1.54) is 0 Å². The molecule has 1 aromatic rings. The molecule has 3 N–H and O–H groups in total. The van der Waals surface area contributed by atoms with Crippen molar-refractivity contribution in [2.24, 2.45) is 0 Å². The molecular weight excluding hydrogens is 268 g/mol. The first kappa shape index (κ1) is 15.4. The van der Waals surface area contributed by atoms with Crippen molar-refractivity contribution < 1.29 is 14.3 Å². The van der Waals surface area contributed by atoms with Crippen molar-refractivity contribution in [3.05, 3.63) is 29.3 Å². The number of nitrogen functional groups attached to an aromatic ring is 1. The van der Waals surface area contributed by atoms with Crippen LogP contribution in [0.2, 0.25) is 0 Å². The number of ether oxygens (including phenoxy) is 1. The summed E-state index contributed by atoms with van der Waals surface area (Å²) in [7, 11) is 0. The van der Waals surface area contributed by atoms with Crippen LogP contribution in [0, 0.1) is 6.92 Å². The fraction of sp³-hybridized carbons (Fsp3) is 0.500. The van der Waals surface area contributed by atoms with Crippen molar-refractivity contribution in [2.75, 3.05) is 5.73 Å². The van der Waals surface area contributed by atoms with E-state index < -0.39 is 12.1 Å². The van der Waals surface area contributed by atoms with Crippen LogP contribution >= 0.6 is 0 Å². The third kappa shape index (κ3) is 3.74. The molecule has 5 heteroatoms. The van der Waals surface area contributed by atoms with E-state index in [1.54, 1.807) is 19.1 Å². The minimum Gasteiger partial charge on any atom is -0.449 e. The average Bonchev–Trinajstić information content (AvgIpc) is 2.94. The number of carbonyl (C=O) groups excluding carboxylic acids is 2. The van der Waals surface area contributed by atoms with Gasteiger partial charge in [0.2, 0.25) is 0 Å². The highest BCUT2D eigenvalue weighted by Crippen LogP contribution is 2.19. The number of carbonyl (C=O) groups is 2. The second kappa shape index (κ2) is 6.61. The van der Waals surface area contributed by atoms with Crippen molar-refractivity contribution in [2.45, 2.75) is 51.7 Å². The number of nitrogens with one attached hydrogen (secondary N) is 1. The molecule has 1 aliphatic carbocycles. The number of esters is 1. The molecule has 114 valence electrons. The van der Waals surface area contributed by atoms with Gasteiger partial charge in [0.1, 0.15) is 0 Å². The minimum atomic E-state index is -0.821. The maximum absolute atomic E-state index is 12.1. The molecule has 1 amide bonds. The Bertz CT molecular complexity index is 536. The van der Waals surface area contributed by atoms with E-state index in [0.717, 1.165) is 31.2 Å². The number of anilines is 1. The van der Waals surface area contributed by atoms with Gasteiger partial charge >= 0.3 is 5.97 Å². The molecule has 0 heterocycles. The van der Waals surface area contributed by atoms with Crippen LogP contribution in [0.15, 0.2) is 18.2 Å². The summed E-state index contributed by atoms with van der Waals surface area (Å²) >= 11 is 0. The molecule has 1 aliphatic rings. The Hall–Kier alpha value is -2.04. The molecule has 1 aromatic carbocycles. The van der Waals surface area contributed by atoms with E-state index in [9.17, 15) is 9.59 Å². The molecule has 1 unspecified atom stereocenters. The maximum Gasteiger partial charge on any atom is 0.341 e. The highest BCUT2D eigenvalue weighted by atomic mass is 16.5. The van der Waals surface area contributed by atoms with Crippen molar-refractivity contribution in [3.8, 4) is 0 Å². The third-order valence-corrected chi connectivity index (χ3v) is 3.90. The smallest absolute Gasteiger partial charge is 0.341 e. The van der Waals surface area contributed by atoms with Crippen LogP contribution in [0.3, 0.4) is 0 Å². The Kier molecular flexibility index (Phi) is 4.83. The summed E-state index contributed by atoms with van der Waals surface area (Å²) in [6, 6.07) is 5.38. The van der Waals surface area contributed by atoms with Gasteiger partial charge in [0.25, 0.3) is 5.91 Å². The molecule has 0 radical (unpaired) electrons. The summed E-state index contributed by atoms with van der Waals surface area (Å²) < 4.78 is 5.21. The first-order chi connectivity index (χ1) is 9.99. The molecule has 5 nitrogen and oxygen atoms in total. The van der Waals surface area contributed by atoms with Gasteiger partial charge < -0.3 is 15.8 Å². The third-order valence-electron chi connectivity index (χ3n) is 3.90. The summed E-state index contributed by atoms with van der Waals surface area (Å²) in [5.74, 6) is -0.813. The second-order valence-electron chi connectivity index (χ2n) is 5.57. The number of aryl methyl sites for hydroxylation is 1. The first-order valence-corrected chi connectivity index (χ1v) is 7.35. The second-order valence-corrected chi connectivity index (χ2v) is 5.57. The minimum absolute atomic E-state index is 0.211. The van der Waals surface area contributed by atoms with Gasteiger partial charge in [-0.2, -0.15) is 0 Å². The first-order valence-electron chi connectivity index (χ1n) is 7.35. The molecule has 2 rings (SSSR count). The SMILES string of the molecule is Cc1cccc(C(=O)OC(C)C(=O)NC2CCCC2)c1N. The molecular formula is C16H22N2O3. The molecule has 1 fully saturated rings. The summed E-state index contributed by atoms with van der Waals surface area (Å²) in [6.45, 7) is 3.40. The highest BCUT2D eigenvalue weighted by Gasteiger charge is 2.24. The normalized spacial score (nSPS) is 16.5. The largest absolute Gasteiger partial charge is 0.449 e. The van der Waals surface area contributed by atoms with E-state index in [2.05, 4.69) is 5.32 Å². The lowest BCUT2D eigenvalue weighted by molar-refractivity contribution is -0.129. The molecule has 0 aliphatic heterocycles. The van der Waals surface area contributed by atoms with Crippen LogP contribution in [0.1, 0.15) is 48.5 Å². The Morgan fingerprint density at radius 1 is 1.33 bits per heavy atom. The van der Waals surface area contributed by atoms with Crippen LogP contribution in [-0.2, 0) is 9.53 Å². The Morgan fingerprint density at radius 3 is 2.67 bits per heavy atom. The standard InChI is InChI=1S/C16H22N2O3/c1-10-6-5-9-13(14(10)17)16(20)21-11(2)15(19)18-12-7-3-4-8-12/h5-6,9,11-12H,3-4,7-8,17H2,1-2H3,(H,18,19). The monoisotopic (exact) mass is 290 g/mol. The van der Waals surface area contributed by atoms with Crippen LogP contribution in [0.25, 0.3) is 0 Å². The van der Waals surface area contributed by atoms with Gasteiger partial charge in [-0.25, -0.2) is 4.79 Å². The lowest BCUT2D eigenvalue weighted by Crippen LogP contribution is -2.40. The molecule has 21 heavy (non-hydrogen) atoms. The molecule has 1 atom stereocenters. The van der Waals surface area contributed by atoms with Crippen molar-refractivity contribution >= 4 is 17.6 Å². The molecule has 0 aromatic heterocycles. The fourth-order valence-corrected chi connectivity index (χ4v) is 2.52. The Morgan fingerprint density at radius 2 is 2.00 bits per heavy atom. The van der Waals surface area contributed by atoms with Crippen LogP contribution in [0.5, 0.6) is 0 Å². The van der Waals surface area contributed by atoms with Gasteiger partial charge in [-0.1, -0.05) is 25.0 Å². The zero-order valence-electron chi connectivity index (χ0n) is 12.5. The Labute approximate surface area is 124 Å². The summed E-state index contributed by atoms with van der Waals surface area (Å²) in [5.41, 5.74) is 7.37. The fourth-order valence-electron chi connectivity index (χ4n) is 2.52. The van der Waals surface area contributed by atoms with Gasteiger partial charge in [0, 0.05) is 11.7 Å². The molecule has 0 bridgehead atoms.